The summed E-state index contributed by atoms with van der Waals surface area (Å²) in [5.41, 5.74) is 1.15. The molecule has 0 radical (unpaired) electrons. The minimum Gasteiger partial charge on any atom is -0.385 e. The Hall–Kier alpha value is -0.970. The molecule has 0 aromatic carbocycles. The number of rotatable bonds is 1. The lowest BCUT2D eigenvalue weighted by molar-refractivity contribution is -0.0806. The first kappa shape index (κ1) is 11.1. The van der Waals surface area contributed by atoms with Crippen LogP contribution in [0.3, 0.4) is 0 Å². The van der Waals surface area contributed by atoms with E-state index in [2.05, 4.69) is 10.3 Å². The number of nitrogens with zero attached hydrogens (tertiary/aromatic N) is 1. The van der Waals surface area contributed by atoms with Gasteiger partial charge in [0.25, 0.3) is 0 Å². The first-order valence-electron chi connectivity index (χ1n) is 6.16. The van der Waals surface area contributed by atoms with Crippen LogP contribution < -0.4 is 5.32 Å². The molecule has 0 spiro atoms. The smallest absolute Gasteiger partial charge is 0.0945 e. The molecule has 0 amide bonds. The van der Waals surface area contributed by atoms with E-state index in [0.717, 1.165) is 11.3 Å². The Morgan fingerprint density at radius 1 is 1.41 bits per heavy atom. The van der Waals surface area contributed by atoms with E-state index in [-0.39, 0.29) is 12.1 Å². The highest BCUT2D eigenvalue weighted by Gasteiger charge is 2.43. The van der Waals surface area contributed by atoms with Crippen LogP contribution in [-0.4, -0.2) is 35.4 Å². The Labute approximate surface area is 101 Å². The fraction of sp³-hybridized carbons (Fsp3) is 0.615. The summed E-state index contributed by atoms with van der Waals surface area (Å²) in [6.45, 7) is 3.35. The predicted octanol–water partition coefficient (Wildman–Crippen LogP) is 0.728. The number of aryl methyl sites for hydroxylation is 1. The molecule has 2 N–H and O–H groups in total. The summed E-state index contributed by atoms with van der Waals surface area (Å²) in [5.74, 6) is 0. The number of aromatic nitrogens is 1. The molecule has 0 saturated carbocycles. The molecular weight excluding hydrogens is 216 g/mol. The summed E-state index contributed by atoms with van der Waals surface area (Å²) < 4.78 is 5.51. The van der Waals surface area contributed by atoms with Gasteiger partial charge in [0.05, 0.1) is 18.8 Å². The van der Waals surface area contributed by atoms with Crippen LogP contribution in [0, 0.1) is 6.92 Å². The molecule has 2 bridgehead atoms. The van der Waals surface area contributed by atoms with E-state index in [9.17, 15) is 5.11 Å². The molecule has 2 saturated heterocycles. The molecule has 0 aliphatic carbocycles. The molecular formula is C13H18N2O2. The molecule has 4 heteroatoms. The lowest BCUT2D eigenvalue weighted by atomic mass is 9.77. The topological polar surface area (TPSA) is 54.4 Å². The van der Waals surface area contributed by atoms with Crippen LogP contribution in [0.1, 0.15) is 24.1 Å². The summed E-state index contributed by atoms with van der Waals surface area (Å²) in [6.07, 6.45) is 3.18. The fourth-order valence-electron chi connectivity index (χ4n) is 3.11. The quantitative estimate of drug-likeness (QED) is 0.752. The normalized spacial score (nSPS) is 36.8. The van der Waals surface area contributed by atoms with E-state index >= 15 is 0 Å². The van der Waals surface area contributed by atoms with E-state index in [1.807, 2.05) is 19.1 Å². The van der Waals surface area contributed by atoms with Crippen LogP contribution in [0.5, 0.6) is 0 Å². The van der Waals surface area contributed by atoms with Gasteiger partial charge in [-0.05, 0) is 25.8 Å². The van der Waals surface area contributed by atoms with Crippen molar-refractivity contribution < 1.29 is 9.84 Å². The van der Waals surface area contributed by atoms with Gasteiger partial charge in [-0.1, -0.05) is 6.07 Å². The largest absolute Gasteiger partial charge is 0.385 e. The van der Waals surface area contributed by atoms with Gasteiger partial charge in [0.1, 0.15) is 0 Å². The second kappa shape index (κ2) is 4.05. The average molecular weight is 234 g/mol. The monoisotopic (exact) mass is 234 g/mol. The highest BCUT2D eigenvalue weighted by atomic mass is 16.5. The summed E-state index contributed by atoms with van der Waals surface area (Å²) in [7, 11) is 0. The minimum atomic E-state index is -0.747. The van der Waals surface area contributed by atoms with Crippen LogP contribution in [0.2, 0.25) is 0 Å². The van der Waals surface area contributed by atoms with Crippen molar-refractivity contribution in [2.75, 3.05) is 13.2 Å². The summed E-state index contributed by atoms with van der Waals surface area (Å²) in [4.78, 5) is 4.28. The highest BCUT2D eigenvalue weighted by Crippen LogP contribution is 2.37. The number of pyridine rings is 1. The number of aliphatic hydroxyl groups is 1. The van der Waals surface area contributed by atoms with Crippen LogP contribution in [0.25, 0.3) is 0 Å². The number of nitrogens with one attached hydrogen (secondary N) is 1. The van der Waals surface area contributed by atoms with Crippen LogP contribution >= 0.6 is 0 Å². The zero-order chi connectivity index (χ0) is 11.9. The van der Waals surface area contributed by atoms with Crippen molar-refractivity contribution in [3.05, 3.63) is 29.6 Å². The van der Waals surface area contributed by atoms with Gasteiger partial charge in [0, 0.05) is 29.5 Å². The number of hydrogen-bond acceptors (Lipinski definition) is 4. The van der Waals surface area contributed by atoms with Crippen molar-refractivity contribution in [3.63, 3.8) is 0 Å². The van der Waals surface area contributed by atoms with E-state index in [0.29, 0.717) is 26.1 Å². The van der Waals surface area contributed by atoms with Gasteiger partial charge in [-0.2, -0.15) is 0 Å². The van der Waals surface area contributed by atoms with Crippen molar-refractivity contribution >= 4 is 0 Å². The van der Waals surface area contributed by atoms with Gasteiger partial charge in [-0.25, -0.2) is 0 Å². The average Bonchev–Trinajstić information content (AvgIpc) is 2.28. The molecule has 2 atom stereocenters. The summed E-state index contributed by atoms with van der Waals surface area (Å²) >= 11 is 0. The minimum absolute atomic E-state index is 0.257. The third-order valence-corrected chi connectivity index (χ3v) is 3.79. The molecule has 2 fully saturated rings. The predicted molar refractivity (Wildman–Crippen MR) is 63.6 cm³/mol. The molecule has 3 rings (SSSR count). The molecule has 3 heterocycles. The number of hydrogen-bond donors (Lipinski definition) is 2. The van der Waals surface area contributed by atoms with E-state index in [4.69, 9.17) is 4.74 Å². The number of piperidine rings is 1. The van der Waals surface area contributed by atoms with Gasteiger partial charge in [0.2, 0.25) is 0 Å². The molecule has 2 aliphatic heterocycles. The zero-order valence-corrected chi connectivity index (χ0v) is 10.0. The van der Waals surface area contributed by atoms with Crippen molar-refractivity contribution in [1.82, 2.24) is 10.3 Å². The Bertz CT molecular complexity index is 410. The molecule has 2 aliphatic rings. The van der Waals surface area contributed by atoms with Crippen molar-refractivity contribution in [1.29, 1.82) is 0 Å². The summed E-state index contributed by atoms with van der Waals surface area (Å²) in [6, 6.07) is 4.40. The lowest BCUT2D eigenvalue weighted by Crippen LogP contribution is -2.58. The van der Waals surface area contributed by atoms with Crippen molar-refractivity contribution in [2.24, 2.45) is 0 Å². The maximum atomic E-state index is 10.9. The molecule has 1 aromatic rings. The van der Waals surface area contributed by atoms with Gasteiger partial charge in [0.15, 0.2) is 0 Å². The Kier molecular flexibility index (Phi) is 2.65. The second-order valence-electron chi connectivity index (χ2n) is 5.17. The standard InChI is InChI=1S/C13H18N2O2/c1-9-12(3-2-4-14-9)13(16)5-10-7-17-8-11(6-13)15-10/h2-4,10-11,15-16H,5-8H2,1H3. The Morgan fingerprint density at radius 2 is 2.12 bits per heavy atom. The molecule has 92 valence electrons. The molecule has 17 heavy (non-hydrogen) atoms. The molecule has 2 unspecified atom stereocenters. The van der Waals surface area contributed by atoms with Crippen LogP contribution in [-0.2, 0) is 10.3 Å². The molecule has 1 aromatic heterocycles. The SMILES string of the molecule is Cc1ncccc1C1(O)CC2COCC(C1)N2. The third kappa shape index (κ3) is 1.97. The maximum Gasteiger partial charge on any atom is 0.0945 e. The number of morpholine rings is 1. The fourth-order valence-corrected chi connectivity index (χ4v) is 3.11. The van der Waals surface area contributed by atoms with Crippen LogP contribution in [0.15, 0.2) is 18.3 Å². The van der Waals surface area contributed by atoms with Gasteiger partial charge < -0.3 is 15.2 Å². The third-order valence-electron chi connectivity index (χ3n) is 3.79. The van der Waals surface area contributed by atoms with Gasteiger partial charge >= 0.3 is 0 Å². The Morgan fingerprint density at radius 3 is 2.76 bits per heavy atom. The first-order valence-corrected chi connectivity index (χ1v) is 6.16. The number of fused-ring (bicyclic) bond motifs is 2. The van der Waals surface area contributed by atoms with Crippen LogP contribution in [0.4, 0.5) is 0 Å². The zero-order valence-electron chi connectivity index (χ0n) is 10.0. The van der Waals surface area contributed by atoms with Gasteiger partial charge in [-0.15, -0.1) is 0 Å². The molecule has 4 nitrogen and oxygen atoms in total. The first-order chi connectivity index (χ1) is 8.17. The highest BCUT2D eigenvalue weighted by molar-refractivity contribution is 5.27. The summed E-state index contributed by atoms with van der Waals surface area (Å²) in [5, 5.41) is 14.4. The number of ether oxygens (including phenoxy) is 1. The van der Waals surface area contributed by atoms with E-state index in [1.165, 1.54) is 0 Å². The second-order valence-corrected chi connectivity index (χ2v) is 5.17. The van der Waals surface area contributed by atoms with E-state index in [1.54, 1.807) is 6.20 Å². The maximum absolute atomic E-state index is 10.9. The Balaban J connectivity index is 1.93. The van der Waals surface area contributed by atoms with Crippen molar-refractivity contribution in [3.8, 4) is 0 Å². The lowest BCUT2D eigenvalue weighted by Gasteiger charge is -2.45. The van der Waals surface area contributed by atoms with Crippen molar-refractivity contribution in [2.45, 2.75) is 37.5 Å². The van der Waals surface area contributed by atoms with E-state index < -0.39 is 5.60 Å². The van der Waals surface area contributed by atoms with Gasteiger partial charge in [-0.3, -0.25) is 4.98 Å².